The lowest BCUT2D eigenvalue weighted by molar-refractivity contribution is -0.131. The van der Waals surface area contributed by atoms with Gasteiger partial charge in [0.1, 0.15) is 5.01 Å². The number of hydrogen-bond acceptors (Lipinski definition) is 9. The second-order valence-corrected chi connectivity index (χ2v) is 9.91. The third-order valence-corrected chi connectivity index (χ3v) is 7.75. The molecule has 0 aromatic carbocycles. The maximum atomic E-state index is 12.8. The molecule has 3 aromatic heterocycles. The third-order valence-electron chi connectivity index (χ3n) is 5.04. The summed E-state index contributed by atoms with van der Waals surface area (Å²) in [6.07, 6.45) is 3.55. The van der Waals surface area contributed by atoms with Crippen molar-refractivity contribution in [1.82, 2.24) is 19.2 Å². The van der Waals surface area contributed by atoms with Gasteiger partial charge < -0.3 is 14.1 Å². The Bertz CT molecular complexity index is 1230. The molecule has 174 valence electrons. The van der Waals surface area contributed by atoms with Crippen LogP contribution < -0.4 is 0 Å². The average Bonchev–Trinajstić information content (AvgIpc) is 3.51. The molecule has 0 aliphatic carbocycles. The van der Waals surface area contributed by atoms with E-state index >= 15 is 0 Å². The van der Waals surface area contributed by atoms with Gasteiger partial charge in [0.15, 0.2) is 0 Å². The van der Waals surface area contributed by atoms with Gasteiger partial charge in [-0.1, -0.05) is 0 Å². The Hall–Kier alpha value is -3.09. The predicted octanol–water partition coefficient (Wildman–Crippen LogP) is 2.05. The Morgan fingerprint density at radius 3 is 2.67 bits per heavy atom. The smallest absolute Gasteiger partial charge is 0.374 e. The van der Waals surface area contributed by atoms with Crippen LogP contribution in [0.5, 0.6) is 0 Å². The molecule has 1 fully saturated rings. The molecule has 3 aromatic rings. The van der Waals surface area contributed by atoms with Crippen LogP contribution in [0.4, 0.5) is 0 Å². The van der Waals surface area contributed by atoms with Crippen LogP contribution in [0.1, 0.15) is 23.2 Å². The molecule has 1 saturated heterocycles. The lowest BCUT2D eigenvalue weighted by Crippen LogP contribution is -2.50. The van der Waals surface area contributed by atoms with Crippen molar-refractivity contribution in [2.24, 2.45) is 0 Å². The summed E-state index contributed by atoms with van der Waals surface area (Å²) in [5, 5.41) is 2.32. The molecule has 0 bridgehead atoms. The Morgan fingerprint density at radius 1 is 1.18 bits per heavy atom. The van der Waals surface area contributed by atoms with E-state index in [0.717, 1.165) is 10.6 Å². The molecule has 4 rings (SSSR count). The van der Waals surface area contributed by atoms with Crippen LogP contribution in [-0.4, -0.2) is 72.3 Å². The van der Waals surface area contributed by atoms with Crippen molar-refractivity contribution in [2.45, 2.75) is 18.4 Å². The SMILES string of the molecule is CCOC(=O)c1ccc(S(=O)(=O)N2CCN(C(=O)Cc3csc(-c4cccnc4)n3)CC2)o1. The Morgan fingerprint density at radius 2 is 1.97 bits per heavy atom. The number of thiazole rings is 1. The molecule has 4 heterocycles. The fraction of sp³-hybridized carbons (Fsp3) is 0.333. The first-order chi connectivity index (χ1) is 15.9. The van der Waals surface area contributed by atoms with Crippen LogP contribution in [0.15, 0.2) is 51.5 Å². The van der Waals surface area contributed by atoms with Gasteiger partial charge in [-0.05, 0) is 31.2 Å². The maximum absolute atomic E-state index is 12.8. The van der Waals surface area contributed by atoms with E-state index in [1.807, 2.05) is 17.5 Å². The number of aromatic nitrogens is 2. The van der Waals surface area contributed by atoms with Crippen molar-refractivity contribution < 1.29 is 27.2 Å². The summed E-state index contributed by atoms with van der Waals surface area (Å²) in [6.45, 7) is 2.56. The number of amides is 1. The molecule has 0 spiro atoms. The average molecular weight is 491 g/mol. The molecular formula is C21H22N4O6S2. The minimum Gasteiger partial charge on any atom is -0.460 e. The van der Waals surface area contributed by atoms with Crippen LogP contribution in [0.2, 0.25) is 0 Å². The highest BCUT2D eigenvalue weighted by molar-refractivity contribution is 7.89. The van der Waals surface area contributed by atoms with E-state index in [9.17, 15) is 18.0 Å². The van der Waals surface area contributed by atoms with Gasteiger partial charge in [-0.15, -0.1) is 11.3 Å². The van der Waals surface area contributed by atoms with Gasteiger partial charge in [0.05, 0.1) is 18.7 Å². The maximum Gasteiger partial charge on any atom is 0.374 e. The fourth-order valence-electron chi connectivity index (χ4n) is 3.35. The standard InChI is InChI=1S/C21H22N4O6S2/c1-2-30-21(27)17-5-6-19(31-17)33(28,29)25-10-8-24(9-11-25)18(26)12-16-14-32-20(23-16)15-4-3-7-22-13-15/h3-7,13-14H,2,8-12H2,1H3. The summed E-state index contributed by atoms with van der Waals surface area (Å²) >= 11 is 1.45. The monoisotopic (exact) mass is 490 g/mol. The van der Waals surface area contributed by atoms with E-state index in [2.05, 4.69) is 9.97 Å². The molecule has 33 heavy (non-hydrogen) atoms. The number of rotatable bonds is 7. The lowest BCUT2D eigenvalue weighted by atomic mass is 10.2. The quantitative estimate of drug-likeness (QED) is 0.461. The highest BCUT2D eigenvalue weighted by Gasteiger charge is 2.33. The summed E-state index contributed by atoms with van der Waals surface area (Å²) < 4.78 is 37.0. The summed E-state index contributed by atoms with van der Waals surface area (Å²) in [5.74, 6) is -1.00. The number of nitrogens with zero attached hydrogens (tertiary/aromatic N) is 4. The van der Waals surface area contributed by atoms with E-state index in [1.54, 1.807) is 24.2 Å². The second kappa shape index (κ2) is 9.81. The second-order valence-electron chi connectivity index (χ2n) is 7.19. The zero-order valence-electron chi connectivity index (χ0n) is 17.8. The van der Waals surface area contributed by atoms with Crippen LogP contribution in [0, 0.1) is 0 Å². The number of carbonyl (C=O) groups excluding carboxylic acids is 2. The summed E-state index contributed by atoms with van der Waals surface area (Å²) in [7, 11) is -3.92. The van der Waals surface area contributed by atoms with Crippen LogP contribution in [0.25, 0.3) is 10.6 Å². The first-order valence-corrected chi connectivity index (χ1v) is 12.6. The van der Waals surface area contributed by atoms with Crippen LogP contribution >= 0.6 is 11.3 Å². The Labute approximate surface area is 194 Å². The first-order valence-electron chi connectivity index (χ1n) is 10.3. The number of esters is 1. The highest BCUT2D eigenvalue weighted by atomic mass is 32.2. The zero-order valence-corrected chi connectivity index (χ0v) is 19.5. The lowest BCUT2D eigenvalue weighted by Gasteiger charge is -2.33. The Kier molecular flexibility index (Phi) is 6.86. The summed E-state index contributed by atoms with van der Waals surface area (Å²) in [4.78, 5) is 34.7. The Balaban J connectivity index is 1.34. The van der Waals surface area contributed by atoms with Crippen molar-refractivity contribution >= 4 is 33.2 Å². The predicted molar refractivity (Wildman–Crippen MR) is 119 cm³/mol. The van der Waals surface area contributed by atoms with Gasteiger partial charge in [-0.3, -0.25) is 9.78 Å². The normalized spacial score (nSPS) is 14.9. The van der Waals surface area contributed by atoms with Gasteiger partial charge in [0.25, 0.3) is 10.0 Å². The van der Waals surface area contributed by atoms with Gasteiger partial charge in [0, 0.05) is 49.5 Å². The molecule has 1 aliphatic heterocycles. The third kappa shape index (κ3) is 5.13. The zero-order chi connectivity index (χ0) is 23.4. The molecule has 0 saturated carbocycles. The van der Waals surface area contributed by atoms with E-state index in [0.29, 0.717) is 5.69 Å². The number of hydrogen-bond donors (Lipinski definition) is 0. The molecule has 0 atom stereocenters. The molecular weight excluding hydrogens is 468 g/mol. The van der Waals surface area contributed by atoms with Crippen molar-refractivity contribution in [2.75, 3.05) is 32.8 Å². The molecule has 0 N–H and O–H groups in total. The van der Waals surface area contributed by atoms with Crippen LogP contribution in [-0.2, 0) is 26.0 Å². The number of sulfonamides is 1. The van der Waals surface area contributed by atoms with E-state index in [-0.39, 0.29) is 56.0 Å². The minimum absolute atomic E-state index is 0.113. The van der Waals surface area contributed by atoms with E-state index in [1.165, 1.54) is 27.8 Å². The number of furan rings is 1. The molecule has 1 aliphatic rings. The van der Waals surface area contributed by atoms with E-state index in [4.69, 9.17) is 9.15 Å². The summed E-state index contributed by atoms with van der Waals surface area (Å²) in [6, 6.07) is 6.25. The molecule has 1 amide bonds. The molecule has 0 unspecified atom stereocenters. The topological polar surface area (TPSA) is 123 Å². The van der Waals surface area contributed by atoms with Crippen molar-refractivity contribution in [3.63, 3.8) is 0 Å². The fourth-order valence-corrected chi connectivity index (χ4v) is 5.50. The van der Waals surface area contributed by atoms with Crippen molar-refractivity contribution in [1.29, 1.82) is 0 Å². The van der Waals surface area contributed by atoms with Crippen molar-refractivity contribution in [3.8, 4) is 10.6 Å². The summed E-state index contributed by atoms with van der Waals surface area (Å²) in [5.41, 5.74) is 1.56. The molecule has 12 heteroatoms. The number of pyridine rings is 1. The number of piperazine rings is 1. The van der Waals surface area contributed by atoms with Crippen molar-refractivity contribution in [3.05, 3.63) is 53.5 Å². The number of ether oxygens (including phenoxy) is 1. The van der Waals surface area contributed by atoms with Crippen LogP contribution in [0.3, 0.4) is 0 Å². The number of carbonyl (C=O) groups is 2. The minimum atomic E-state index is -3.92. The largest absolute Gasteiger partial charge is 0.460 e. The van der Waals surface area contributed by atoms with Gasteiger partial charge >= 0.3 is 5.97 Å². The van der Waals surface area contributed by atoms with Gasteiger partial charge in [-0.2, -0.15) is 4.31 Å². The highest BCUT2D eigenvalue weighted by Crippen LogP contribution is 2.24. The molecule has 10 nitrogen and oxygen atoms in total. The van der Waals surface area contributed by atoms with E-state index < -0.39 is 16.0 Å². The molecule has 0 radical (unpaired) electrons. The van der Waals surface area contributed by atoms with Gasteiger partial charge in [-0.25, -0.2) is 18.2 Å². The first kappa shape index (κ1) is 23.1. The van der Waals surface area contributed by atoms with Gasteiger partial charge in [0.2, 0.25) is 16.8 Å².